The minimum absolute atomic E-state index is 0.163. The average molecular weight is 473 g/mol. The summed E-state index contributed by atoms with van der Waals surface area (Å²) in [6.45, 7) is 2.16. The number of nitrogens with two attached hydrogens (primary N) is 1. The average Bonchev–Trinajstić information content (AvgIpc) is 2.85. The first-order valence-corrected chi connectivity index (χ1v) is 11.3. The second-order valence-corrected chi connectivity index (χ2v) is 8.79. The number of carbonyl (C=O) groups excluding carboxylic acids is 1. The molecule has 176 valence electrons. The van der Waals surface area contributed by atoms with Crippen LogP contribution >= 0.6 is 0 Å². The van der Waals surface area contributed by atoms with Crippen molar-refractivity contribution in [1.82, 2.24) is 5.32 Å². The molecule has 5 rings (SSSR count). The minimum atomic E-state index is -4.40. The predicted molar refractivity (Wildman–Crippen MR) is 135 cm³/mol. The van der Waals surface area contributed by atoms with Crippen LogP contribution in [-0.4, -0.2) is 18.5 Å². The van der Waals surface area contributed by atoms with Crippen molar-refractivity contribution in [2.24, 2.45) is 5.73 Å². The Bertz CT molecular complexity index is 1570. The Hall–Kier alpha value is -3.90. The number of benzene rings is 5. The van der Waals surface area contributed by atoms with Gasteiger partial charge >= 0.3 is 6.18 Å². The molecule has 0 aliphatic heterocycles. The van der Waals surface area contributed by atoms with Gasteiger partial charge in [-0.3, -0.25) is 4.79 Å². The number of nitrogens with one attached hydrogen (secondary N) is 1. The second-order valence-electron chi connectivity index (χ2n) is 8.79. The third-order valence-corrected chi connectivity index (χ3v) is 6.31. The summed E-state index contributed by atoms with van der Waals surface area (Å²) in [6, 6.07) is 24.6. The zero-order valence-corrected chi connectivity index (χ0v) is 19.0. The zero-order chi connectivity index (χ0) is 24.7. The topological polar surface area (TPSA) is 55.1 Å². The third kappa shape index (κ3) is 4.33. The molecule has 3 nitrogen and oxygen atoms in total. The highest BCUT2D eigenvalue weighted by atomic mass is 19.4. The lowest BCUT2D eigenvalue weighted by molar-refractivity contribution is -0.137. The fourth-order valence-corrected chi connectivity index (χ4v) is 4.46. The molecule has 5 aromatic carbocycles. The first kappa shape index (κ1) is 22.9. The van der Waals surface area contributed by atoms with Crippen molar-refractivity contribution in [3.05, 3.63) is 96.1 Å². The Morgan fingerprint density at radius 1 is 0.829 bits per heavy atom. The quantitative estimate of drug-likeness (QED) is 0.279. The highest BCUT2D eigenvalue weighted by Crippen LogP contribution is 2.39. The summed E-state index contributed by atoms with van der Waals surface area (Å²) in [5.41, 5.74) is 6.95. The summed E-state index contributed by atoms with van der Waals surface area (Å²) >= 11 is 0. The summed E-state index contributed by atoms with van der Waals surface area (Å²) in [4.78, 5) is 12.7. The summed E-state index contributed by atoms with van der Waals surface area (Å²) in [5, 5.41) is 8.53. The van der Waals surface area contributed by atoms with Crippen LogP contribution in [0.15, 0.2) is 84.9 Å². The van der Waals surface area contributed by atoms with E-state index in [1.165, 1.54) is 12.1 Å². The summed E-state index contributed by atoms with van der Waals surface area (Å²) in [6.07, 6.45) is -4.40. The molecular formula is C29H23F3N2O. The van der Waals surface area contributed by atoms with Crippen molar-refractivity contribution in [2.75, 3.05) is 6.54 Å². The third-order valence-electron chi connectivity index (χ3n) is 6.31. The summed E-state index contributed by atoms with van der Waals surface area (Å²) < 4.78 is 39.6. The van der Waals surface area contributed by atoms with Gasteiger partial charge in [0.25, 0.3) is 5.91 Å². The molecule has 1 unspecified atom stereocenters. The van der Waals surface area contributed by atoms with Crippen LogP contribution in [-0.2, 0) is 6.18 Å². The molecule has 6 heteroatoms. The van der Waals surface area contributed by atoms with Gasteiger partial charge in [0.15, 0.2) is 0 Å². The highest BCUT2D eigenvalue weighted by molar-refractivity contribution is 6.16. The van der Waals surface area contributed by atoms with Crippen molar-refractivity contribution in [1.29, 1.82) is 0 Å². The van der Waals surface area contributed by atoms with Crippen molar-refractivity contribution >= 4 is 38.2 Å². The molecule has 0 saturated carbocycles. The molecule has 1 amide bonds. The number of carbonyl (C=O) groups is 1. The van der Waals surface area contributed by atoms with E-state index in [9.17, 15) is 18.0 Å². The van der Waals surface area contributed by atoms with Crippen molar-refractivity contribution < 1.29 is 18.0 Å². The van der Waals surface area contributed by atoms with Crippen LogP contribution < -0.4 is 11.1 Å². The smallest absolute Gasteiger partial charge is 0.348 e. The van der Waals surface area contributed by atoms with Crippen molar-refractivity contribution in [2.45, 2.75) is 19.1 Å². The predicted octanol–water partition coefficient (Wildman–Crippen LogP) is 6.91. The zero-order valence-electron chi connectivity index (χ0n) is 19.0. The molecule has 0 fully saturated rings. The number of halogens is 3. The maximum Gasteiger partial charge on any atom is 0.416 e. The summed E-state index contributed by atoms with van der Waals surface area (Å²) in [5.74, 6) is -0.223. The van der Waals surface area contributed by atoms with Gasteiger partial charge in [-0.1, -0.05) is 42.5 Å². The van der Waals surface area contributed by atoms with E-state index in [0.29, 0.717) is 17.7 Å². The van der Waals surface area contributed by atoms with Crippen LogP contribution in [0.1, 0.15) is 22.8 Å². The maximum absolute atomic E-state index is 13.2. The van der Waals surface area contributed by atoms with Gasteiger partial charge in [0, 0.05) is 18.2 Å². The van der Waals surface area contributed by atoms with Gasteiger partial charge < -0.3 is 11.1 Å². The van der Waals surface area contributed by atoms with E-state index < -0.39 is 11.7 Å². The molecule has 0 heterocycles. The molecule has 35 heavy (non-hydrogen) atoms. The number of amides is 1. The van der Waals surface area contributed by atoms with Crippen LogP contribution in [0.4, 0.5) is 13.2 Å². The minimum Gasteiger partial charge on any atom is -0.348 e. The van der Waals surface area contributed by atoms with E-state index in [2.05, 4.69) is 17.4 Å². The van der Waals surface area contributed by atoms with Gasteiger partial charge in [-0.05, 0) is 92.8 Å². The molecule has 3 N–H and O–H groups in total. The molecule has 0 spiro atoms. The first-order valence-electron chi connectivity index (χ1n) is 11.3. The number of alkyl halides is 3. The van der Waals surface area contributed by atoms with Gasteiger partial charge in [0.1, 0.15) is 0 Å². The molecule has 0 aliphatic rings. The van der Waals surface area contributed by atoms with Gasteiger partial charge in [-0.2, -0.15) is 13.2 Å². The van der Waals surface area contributed by atoms with Crippen LogP contribution in [0.5, 0.6) is 0 Å². The number of hydrogen-bond donors (Lipinski definition) is 2. The Kier molecular flexibility index (Phi) is 5.69. The van der Waals surface area contributed by atoms with E-state index in [4.69, 9.17) is 5.73 Å². The van der Waals surface area contributed by atoms with E-state index in [-0.39, 0.29) is 11.9 Å². The fourth-order valence-electron chi connectivity index (χ4n) is 4.46. The van der Waals surface area contributed by atoms with Gasteiger partial charge in [0.05, 0.1) is 5.56 Å². The second kappa shape index (κ2) is 8.71. The standard InChI is InChI=1S/C29H23F3N2O/c1-17(16-33)34-28(35)21-8-11-25-22(13-21)14-23-12-19-4-2-3-5-20(19)15-26(23)27(25)18-6-9-24(10-7-18)29(30,31)32/h2-15,17H,16,33H2,1H3,(H,34,35). The molecule has 0 radical (unpaired) electrons. The van der Waals surface area contributed by atoms with Gasteiger partial charge in [0.2, 0.25) is 0 Å². The Labute approximate surface area is 200 Å². The Morgan fingerprint density at radius 3 is 2.11 bits per heavy atom. The first-order chi connectivity index (χ1) is 16.7. The Morgan fingerprint density at radius 2 is 1.46 bits per heavy atom. The van der Waals surface area contributed by atoms with E-state index in [0.717, 1.165) is 50.0 Å². The van der Waals surface area contributed by atoms with Crippen LogP contribution in [0.3, 0.4) is 0 Å². The SMILES string of the molecule is CC(CN)NC(=O)c1ccc2c(-c3ccc(C(F)(F)F)cc3)c3cc4ccccc4cc3cc2c1. The molecule has 1 atom stereocenters. The van der Waals surface area contributed by atoms with Crippen molar-refractivity contribution in [3.8, 4) is 11.1 Å². The lowest BCUT2D eigenvalue weighted by Crippen LogP contribution is -2.37. The number of rotatable bonds is 4. The van der Waals surface area contributed by atoms with E-state index >= 15 is 0 Å². The Balaban J connectivity index is 1.77. The number of fused-ring (bicyclic) bond motifs is 3. The molecule has 0 bridgehead atoms. The largest absolute Gasteiger partial charge is 0.416 e. The molecular weight excluding hydrogens is 449 g/mol. The van der Waals surface area contributed by atoms with Crippen molar-refractivity contribution in [3.63, 3.8) is 0 Å². The van der Waals surface area contributed by atoms with E-state index in [1.807, 2.05) is 49.4 Å². The molecule has 5 aromatic rings. The number of hydrogen-bond acceptors (Lipinski definition) is 2. The lowest BCUT2D eigenvalue weighted by Gasteiger charge is -2.16. The van der Waals surface area contributed by atoms with Gasteiger partial charge in [-0.15, -0.1) is 0 Å². The molecule has 0 aromatic heterocycles. The fraction of sp³-hybridized carbons (Fsp3) is 0.138. The van der Waals surface area contributed by atoms with Crippen LogP contribution in [0, 0.1) is 0 Å². The van der Waals surface area contributed by atoms with Crippen LogP contribution in [0.25, 0.3) is 43.4 Å². The lowest BCUT2D eigenvalue weighted by atomic mass is 9.89. The maximum atomic E-state index is 13.2. The summed E-state index contributed by atoms with van der Waals surface area (Å²) in [7, 11) is 0. The van der Waals surface area contributed by atoms with Gasteiger partial charge in [-0.25, -0.2) is 0 Å². The molecule has 0 aliphatic carbocycles. The van der Waals surface area contributed by atoms with Crippen LogP contribution in [0.2, 0.25) is 0 Å². The van der Waals surface area contributed by atoms with E-state index in [1.54, 1.807) is 6.07 Å². The molecule has 0 saturated heterocycles. The highest BCUT2D eigenvalue weighted by Gasteiger charge is 2.30. The normalized spacial score (nSPS) is 12.8. The monoisotopic (exact) mass is 472 g/mol.